The molecule has 0 aromatic rings. The first-order valence-corrected chi connectivity index (χ1v) is 3.81. The maximum Gasteiger partial charge on any atom is 0.330 e. The minimum Gasteiger partial charge on any atom is -0.460 e. The summed E-state index contributed by atoms with van der Waals surface area (Å²) in [4.78, 5) is 20.5. The van der Waals surface area contributed by atoms with Gasteiger partial charge in [0.25, 0.3) is 0 Å². The Labute approximate surface area is 80.4 Å². The van der Waals surface area contributed by atoms with Crippen molar-refractivity contribution < 1.29 is 29.6 Å². The summed E-state index contributed by atoms with van der Waals surface area (Å²) >= 11 is 0. The second-order valence-electron chi connectivity index (χ2n) is 2.52. The third-order valence-corrected chi connectivity index (χ3v) is 1.45. The number of hydrogen-bond acceptors (Lipinski definition) is 6. The number of carbonyl (C=O) groups is 2. The van der Waals surface area contributed by atoms with Crippen molar-refractivity contribution in [2.75, 3.05) is 6.61 Å². The van der Waals surface area contributed by atoms with Gasteiger partial charge in [-0.1, -0.05) is 6.58 Å². The van der Waals surface area contributed by atoms with E-state index >= 15 is 0 Å². The Balaban J connectivity index is 3.94. The molecule has 6 nitrogen and oxygen atoms in total. The van der Waals surface area contributed by atoms with Crippen molar-refractivity contribution >= 4 is 12.3 Å². The molecular weight excluding hydrogens is 192 g/mol. The molecule has 0 rings (SSSR count). The van der Waals surface area contributed by atoms with Crippen LogP contribution in [0.4, 0.5) is 0 Å². The van der Waals surface area contributed by atoms with Crippen LogP contribution in [0.25, 0.3) is 0 Å². The van der Waals surface area contributed by atoms with E-state index < -0.39 is 30.9 Å². The maximum atomic E-state index is 10.5. The molecule has 0 aliphatic rings. The minimum atomic E-state index is -1.70. The van der Waals surface area contributed by atoms with Gasteiger partial charge in [-0.3, -0.25) is 0 Å². The molecule has 0 aliphatic heterocycles. The number of ether oxygens (including phenoxy) is 1. The monoisotopic (exact) mass is 204 g/mol. The van der Waals surface area contributed by atoms with Crippen LogP contribution in [0.5, 0.6) is 0 Å². The van der Waals surface area contributed by atoms with E-state index in [1.54, 1.807) is 0 Å². The highest BCUT2D eigenvalue weighted by atomic mass is 16.5. The molecule has 0 radical (unpaired) electrons. The van der Waals surface area contributed by atoms with Crippen LogP contribution in [-0.2, 0) is 14.3 Å². The number of aliphatic hydroxyl groups excluding tert-OH is 3. The molecule has 0 aliphatic carbocycles. The van der Waals surface area contributed by atoms with Crippen LogP contribution in [0, 0.1) is 0 Å². The van der Waals surface area contributed by atoms with E-state index in [4.69, 9.17) is 15.3 Å². The van der Waals surface area contributed by atoms with E-state index in [0.29, 0.717) is 0 Å². The van der Waals surface area contributed by atoms with Gasteiger partial charge in [0.15, 0.2) is 6.29 Å². The van der Waals surface area contributed by atoms with Gasteiger partial charge < -0.3 is 24.9 Å². The van der Waals surface area contributed by atoms with Gasteiger partial charge in [0.1, 0.15) is 24.9 Å². The number of carbonyl (C=O) groups excluding carboxylic acids is 2. The summed E-state index contributed by atoms with van der Waals surface area (Å²) in [6, 6.07) is 0. The third-order valence-electron chi connectivity index (χ3n) is 1.45. The lowest BCUT2D eigenvalue weighted by molar-refractivity contribution is -0.146. The lowest BCUT2D eigenvalue weighted by Crippen LogP contribution is -2.41. The van der Waals surface area contributed by atoms with Gasteiger partial charge in [-0.15, -0.1) is 0 Å². The van der Waals surface area contributed by atoms with Gasteiger partial charge in [0, 0.05) is 6.08 Å². The molecule has 0 saturated heterocycles. The number of esters is 1. The van der Waals surface area contributed by atoms with Crippen molar-refractivity contribution in [2.45, 2.75) is 18.3 Å². The molecule has 0 amide bonds. The zero-order chi connectivity index (χ0) is 11.1. The van der Waals surface area contributed by atoms with Gasteiger partial charge in [-0.05, 0) is 0 Å². The normalized spacial score (nSPS) is 16.5. The van der Waals surface area contributed by atoms with Gasteiger partial charge >= 0.3 is 5.97 Å². The van der Waals surface area contributed by atoms with Crippen LogP contribution in [0.15, 0.2) is 12.7 Å². The number of aldehydes is 1. The van der Waals surface area contributed by atoms with Crippen molar-refractivity contribution in [3.05, 3.63) is 12.7 Å². The van der Waals surface area contributed by atoms with E-state index in [-0.39, 0.29) is 6.29 Å². The molecule has 0 heterocycles. The van der Waals surface area contributed by atoms with Gasteiger partial charge in [-0.25, -0.2) is 4.79 Å². The molecule has 0 unspecified atom stereocenters. The van der Waals surface area contributed by atoms with Crippen molar-refractivity contribution in [1.82, 2.24) is 0 Å². The number of hydrogen-bond donors (Lipinski definition) is 3. The van der Waals surface area contributed by atoms with Crippen molar-refractivity contribution in [2.24, 2.45) is 0 Å². The van der Waals surface area contributed by atoms with Crippen LogP contribution in [-0.4, -0.2) is 52.5 Å². The molecule has 14 heavy (non-hydrogen) atoms. The quantitative estimate of drug-likeness (QED) is 0.262. The molecule has 0 aromatic carbocycles. The molecule has 0 aromatic heterocycles. The number of aliphatic hydroxyl groups is 3. The van der Waals surface area contributed by atoms with Gasteiger partial charge in [0.2, 0.25) is 0 Å². The smallest absolute Gasteiger partial charge is 0.330 e. The highest BCUT2D eigenvalue weighted by Gasteiger charge is 2.24. The van der Waals surface area contributed by atoms with Crippen LogP contribution in [0.3, 0.4) is 0 Å². The molecule has 6 heteroatoms. The van der Waals surface area contributed by atoms with E-state index in [1.807, 2.05) is 0 Å². The van der Waals surface area contributed by atoms with Gasteiger partial charge in [0.05, 0.1) is 0 Å². The summed E-state index contributed by atoms with van der Waals surface area (Å²) in [7, 11) is 0. The summed E-state index contributed by atoms with van der Waals surface area (Å²) in [5.74, 6) is -0.767. The summed E-state index contributed by atoms with van der Waals surface area (Å²) in [5, 5.41) is 26.9. The molecule has 0 saturated carbocycles. The lowest BCUT2D eigenvalue weighted by Gasteiger charge is -2.18. The summed E-state index contributed by atoms with van der Waals surface area (Å²) < 4.78 is 4.37. The third kappa shape index (κ3) is 4.13. The fraction of sp³-hybridized carbons (Fsp3) is 0.500. The van der Waals surface area contributed by atoms with Gasteiger partial charge in [-0.2, -0.15) is 0 Å². The fourth-order valence-electron chi connectivity index (χ4n) is 0.633. The predicted molar refractivity (Wildman–Crippen MR) is 45.2 cm³/mol. The summed E-state index contributed by atoms with van der Waals surface area (Å²) in [6.45, 7) is 2.59. The zero-order valence-corrected chi connectivity index (χ0v) is 7.37. The highest BCUT2D eigenvalue weighted by Crippen LogP contribution is 1.99. The second kappa shape index (κ2) is 6.25. The molecule has 80 valence electrons. The van der Waals surface area contributed by atoms with Crippen molar-refractivity contribution in [1.29, 1.82) is 0 Å². The Kier molecular flexibility index (Phi) is 5.70. The van der Waals surface area contributed by atoms with Crippen LogP contribution in [0.1, 0.15) is 0 Å². The van der Waals surface area contributed by atoms with Crippen LogP contribution < -0.4 is 0 Å². The average molecular weight is 204 g/mol. The summed E-state index contributed by atoms with van der Waals surface area (Å²) in [6.07, 6.45) is -3.94. The average Bonchev–Trinajstić information content (AvgIpc) is 2.22. The summed E-state index contributed by atoms with van der Waals surface area (Å²) in [5.41, 5.74) is 0. The Hall–Kier alpha value is -1.24. The first kappa shape index (κ1) is 12.8. The molecule has 0 fully saturated rings. The van der Waals surface area contributed by atoms with Crippen LogP contribution >= 0.6 is 0 Å². The lowest BCUT2D eigenvalue weighted by atomic mass is 10.1. The Morgan fingerprint density at radius 1 is 1.43 bits per heavy atom. The standard InChI is InChI=1S/C8H12O6/c1-2-7(12)14-4-6(11)8(13)5(10)3-9/h2-3,5-6,8,10-11,13H,1,4H2/t5-,6-,8+/m1/s1. The van der Waals surface area contributed by atoms with E-state index in [0.717, 1.165) is 6.08 Å². The molecule has 0 bridgehead atoms. The fourth-order valence-corrected chi connectivity index (χ4v) is 0.633. The van der Waals surface area contributed by atoms with E-state index in [9.17, 15) is 9.59 Å². The SMILES string of the molecule is C=CC(=O)OC[C@@H](O)[C@@H](O)[C@H](O)C=O. The van der Waals surface area contributed by atoms with Crippen LogP contribution in [0.2, 0.25) is 0 Å². The highest BCUT2D eigenvalue weighted by molar-refractivity contribution is 5.81. The van der Waals surface area contributed by atoms with E-state index in [2.05, 4.69) is 11.3 Å². The Morgan fingerprint density at radius 2 is 2.00 bits per heavy atom. The topological polar surface area (TPSA) is 104 Å². The predicted octanol–water partition coefficient (Wildman–Crippen LogP) is -2.00. The molecule has 3 atom stereocenters. The molecule has 3 N–H and O–H groups in total. The second-order valence-corrected chi connectivity index (χ2v) is 2.52. The zero-order valence-electron chi connectivity index (χ0n) is 7.37. The Bertz CT molecular complexity index is 214. The first-order chi connectivity index (χ1) is 6.52. The first-order valence-electron chi connectivity index (χ1n) is 3.81. The number of rotatable bonds is 6. The molecule has 0 spiro atoms. The van der Waals surface area contributed by atoms with Crippen molar-refractivity contribution in [3.63, 3.8) is 0 Å². The Morgan fingerprint density at radius 3 is 2.43 bits per heavy atom. The maximum absolute atomic E-state index is 10.5. The largest absolute Gasteiger partial charge is 0.460 e. The minimum absolute atomic E-state index is 0.0726. The molecular formula is C8H12O6. The van der Waals surface area contributed by atoms with E-state index in [1.165, 1.54) is 0 Å². The van der Waals surface area contributed by atoms with Crippen molar-refractivity contribution in [3.8, 4) is 0 Å².